The number of rotatable bonds is 46. The number of nitrogens with zero attached hydrogens (tertiary/aromatic N) is 4. The molecule has 1 fully saturated rings. The molecule has 0 bridgehead atoms. The number of aromatic nitrogens is 3. The van der Waals surface area contributed by atoms with E-state index in [4.69, 9.17) is 64.4 Å². The third kappa shape index (κ3) is 28.2. The SMILES string of the molecule is CCN1\C(=C/C=C/C=C/C2=[N+](CCCCCC(=O)NCCOCCOCCNC(=O)OCCC(C)(C)SSCOCCCCOC(=O)CCC#Cc3cn([C@H]4C[C@H](OCS(=S)CC)[C@@H](COP(=O)(O)OP(=O)(O)OP(=O)(O)O)O4)c4nc(N)[nH]c(=O)c34)c3ccc(S(=O)(=O)O)cc3C2(C)C)C(C)(C)c2ccccc21. The number of hydrogen-bond donors (Lipinski definition) is 9. The fourth-order valence-corrected chi connectivity index (χ4v) is 18.5. The molecule has 109 heavy (non-hydrogen) atoms. The van der Waals surface area contributed by atoms with Crippen molar-refractivity contribution >= 4 is 128 Å². The Morgan fingerprint density at radius 1 is 0.881 bits per heavy atom. The Morgan fingerprint density at radius 2 is 1.61 bits per heavy atom. The van der Waals surface area contributed by atoms with Gasteiger partial charge in [-0.1, -0.05) is 100 Å². The fraction of sp³-hybridized carbons (Fsp3) is 0.565. The molecule has 0 saturated carbocycles. The normalized spacial score (nSPS) is 18.7. The quantitative estimate of drug-likeness (QED) is 0.00228. The van der Waals surface area contributed by atoms with E-state index in [1.54, 1.807) is 22.9 Å². The van der Waals surface area contributed by atoms with Gasteiger partial charge in [-0.2, -0.15) is 26.6 Å². The van der Waals surface area contributed by atoms with Gasteiger partial charge in [0.25, 0.3) is 15.7 Å². The van der Waals surface area contributed by atoms with Crippen LogP contribution in [0.3, 0.4) is 0 Å². The largest absolute Gasteiger partial charge is 0.490 e. The van der Waals surface area contributed by atoms with Gasteiger partial charge in [0.1, 0.15) is 24.8 Å². The molecule has 10 N–H and O–H groups in total. The molecule has 2 amide bonds. The third-order valence-corrected chi connectivity index (χ3v) is 27.2. The Labute approximate surface area is 649 Å². The molecule has 0 radical (unpaired) electrons. The van der Waals surface area contributed by atoms with Crippen molar-refractivity contribution in [3.05, 3.63) is 112 Å². The molecule has 3 aliphatic heterocycles. The summed E-state index contributed by atoms with van der Waals surface area (Å²) in [6.07, 6.45) is 12.5. The maximum absolute atomic E-state index is 13.2. The number of amides is 2. The summed E-state index contributed by atoms with van der Waals surface area (Å²) >= 11 is 5.39. The van der Waals surface area contributed by atoms with Gasteiger partial charge in [0.05, 0.1) is 86.0 Å². The molecule has 4 aromatic rings. The zero-order valence-corrected chi connectivity index (χ0v) is 68.9. The van der Waals surface area contributed by atoms with E-state index in [-0.39, 0.29) is 95.1 Å². The molecule has 0 spiro atoms. The Hall–Kier alpha value is -5.49. The molecule has 2 aromatic carbocycles. The number of carbonyl (C=O) groups is 3. The monoisotopic (exact) mass is 1680 g/mol. The van der Waals surface area contributed by atoms with Crippen LogP contribution in [0, 0.1) is 11.8 Å². The molecule has 0 aliphatic carbocycles. The predicted octanol–water partition coefficient (Wildman–Crippen LogP) is 9.93. The van der Waals surface area contributed by atoms with E-state index in [1.807, 2.05) is 46.8 Å². The number of hydrogen-bond acceptors (Lipinski definition) is 25. The lowest BCUT2D eigenvalue weighted by Crippen LogP contribution is -2.30. The van der Waals surface area contributed by atoms with Crippen molar-refractivity contribution in [3.8, 4) is 11.8 Å². The second kappa shape index (κ2) is 42.0. The number of nitrogens with two attached hydrogens (primary N) is 1. The summed E-state index contributed by atoms with van der Waals surface area (Å²) < 4.78 is 126. The standard InChI is InChI=1S/C69H99N8O24P3S5/c1-9-75-53-25-18-17-24-51(53)68(5,6)57(75)26-13-11-14-27-58-69(7,8)52-43-50(109(89,90)91)30-31-54(52)76(58)35-20-12-15-28-59(78)71-33-39-92-41-42-93-40-34-72-66(81)96-38-32-67(3,4)107-106-47-94-36-21-22-37-95-61(79)29-19-16-23-49-45-77(63-62(49)64(80)74-65(70)73-63)60-44-55(97-48-108(105)10-2)56(99-60)46-98-103(85,86)101-104(87,88)100-102(82,83)84/h11,13-14,17-18,24-27,30-31,43,45,55-56,60H,9-10,12,15,19-22,28-29,32-42,44,46-48H2,1-8H3,(H9-,70,71,72,73,74,78,80,81,82,83,84,85,86,87,88,89,90,91)/p+1/t55-,56+,60+,108?/m0/s1. The van der Waals surface area contributed by atoms with Crippen molar-refractivity contribution in [2.75, 3.05) is 107 Å². The number of alkyl carbamates (subject to hydrolysis) is 1. The minimum absolute atomic E-state index is 0.0198. The molecule has 32 nitrogen and oxygen atoms in total. The number of phosphoric acid groups is 3. The van der Waals surface area contributed by atoms with Crippen molar-refractivity contribution in [2.24, 2.45) is 0 Å². The van der Waals surface area contributed by atoms with Gasteiger partial charge in [-0.15, -0.1) is 0 Å². The Balaban J connectivity index is 0.695. The molecule has 2 aromatic heterocycles. The van der Waals surface area contributed by atoms with E-state index < -0.39 is 91.1 Å². The molecular formula is C69H100N8O24P3S5+. The number of allylic oxidation sites excluding steroid dienone is 6. The first-order chi connectivity index (χ1) is 51.5. The number of nitrogen functional groups attached to an aromatic ring is 1. The van der Waals surface area contributed by atoms with Crippen LogP contribution in [0.15, 0.2) is 94.4 Å². The summed E-state index contributed by atoms with van der Waals surface area (Å²) in [7, 11) is -18.9. The topological polar surface area (TPSA) is 437 Å². The van der Waals surface area contributed by atoms with Gasteiger partial charge >= 0.3 is 35.5 Å². The van der Waals surface area contributed by atoms with Crippen LogP contribution in [0.1, 0.15) is 143 Å². The summed E-state index contributed by atoms with van der Waals surface area (Å²) in [6, 6.07) is 13.2. The van der Waals surface area contributed by atoms with Crippen LogP contribution in [0.2, 0.25) is 0 Å². The second-order valence-electron chi connectivity index (χ2n) is 26.8. The number of para-hydroxylation sites is 1. The molecule has 40 heteroatoms. The van der Waals surface area contributed by atoms with Crippen molar-refractivity contribution in [1.29, 1.82) is 0 Å². The highest BCUT2D eigenvalue weighted by Crippen LogP contribution is 2.66. The first kappa shape index (κ1) is 90.7. The summed E-state index contributed by atoms with van der Waals surface area (Å²) in [5.74, 6) is 6.02. The van der Waals surface area contributed by atoms with E-state index in [2.05, 4.69) is 114 Å². The highest BCUT2D eigenvalue weighted by Gasteiger charge is 2.47. The molecule has 3 aliphatic rings. The number of nitrogens with one attached hydrogen (secondary N) is 3. The van der Waals surface area contributed by atoms with Gasteiger partial charge in [-0.3, -0.25) is 28.4 Å². The summed E-state index contributed by atoms with van der Waals surface area (Å²) in [4.78, 5) is 97.2. The molecule has 5 heterocycles. The number of unbranched alkanes of at least 4 members (excludes halogenated alkanes) is 3. The van der Waals surface area contributed by atoms with Gasteiger partial charge in [0, 0.05) is 97.4 Å². The van der Waals surface area contributed by atoms with E-state index in [1.165, 1.54) is 44.6 Å². The van der Waals surface area contributed by atoms with E-state index in [9.17, 15) is 55.6 Å². The van der Waals surface area contributed by atoms with Crippen LogP contribution in [0.5, 0.6) is 0 Å². The van der Waals surface area contributed by atoms with Crippen LogP contribution in [0.25, 0.3) is 11.0 Å². The zero-order chi connectivity index (χ0) is 79.8. The van der Waals surface area contributed by atoms with Crippen molar-refractivity contribution in [3.63, 3.8) is 0 Å². The molecule has 1 saturated heterocycles. The van der Waals surface area contributed by atoms with Crippen LogP contribution in [-0.4, -0.2) is 189 Å². The minimum Gasteiger partial charge on any atom is -0.466 e. The number of H-pyrrole nitrogens is 1. The average Bonchev–Trinajstić information content (AvgIpc) is 1.61. The maximum Gasteiger partial charge on any atom is 0.490 e. The van der Waals surface area contributed by atoms with Gasteiger partial charge in [0.15, 0.2) is 11.4 Å². The first-order valence-electron chi connectivity index (χ1n) is 35.3. The van der Waals surface area contributed by atoms with Crippen molar-refractivity contribution < 1.29 is 112 Å². The smallest absolute Gasteiger partial charge is 0.466 e. The number of ether oxygens (including phenoxy) is 7. The lowest BCUT2D eigenvalue weighted by Gasteiger charge is -2.25. The maximum atomic E-state index is 13.2. The Morgan fingerprint density at radius 3 is 2.32 bits per heavy atom. The van der Waals surface area contributed by atoms with Gasteiger partial charge in [-0.25, -0.2) is 18.5 Å². The number of esters is 1. The van der Waals surface area contributed by atoms with Crippen LogP contribution in [-0.2, 0) is 111 Å². The molecule has 7 rings (SSSR count). The zero-order valence-electron chi connectivity index (χ0n) is 62.2. The van der Waals surface area contributed by atoms with Crippen LogP contribution in [0.4, 0.5) is 22.1 Å². The number of aromatic amines is 1. The second-order valence-corrected chi connectivity index (χ2v) is 38.7. The third-order valence-electron chi connectivity index (χ3n) is 17.5. The number of carbonyl (C=O) groups excluding carboxylic acids is 3. The summed E-state index contributed by atoms with van der Waals surface area (Å²) in [6.45, 7) is 19.9. The Bertz CT molecular complexity index is 4360. The lowest BCUT2D eigenvalue weighted by molar-refractivity contribution is -0.438. The molecule has 6 atom stereocenters. The molecule has 604 valence electrons. The number of anilines is 2. The molecule has 3 unspecified atom stereocenters. The fourth-order valence-electron chi connectivity index (χ4n) is 12.1. The minimum atomic E-state index is -5.80. The number of fused-ring (bicyclic) bond motifs is 3. The summed E-state index contributed by atoms with van der Waals surface area (Å²) in [5, 5.41) is 5.61. The average molecular weight is 1680 g/mol. The van der Waals surface area contributed by atoms with Gasteiger partial charge in [0.2, 0.25) is 17.5 Å². The first-order valence-corrected chi connectivity index (χ1v) is 46.1. The lowest BCUT2D eigenvalue weighted by atomic mass is 9.81. The molecular weight excluding hydrogens is 1580 g/mol. The number of likely N-dealkylation sites (N-methyl/N-ethyl adjacent to an activating group) is 1. The van der Waals surface area contributed by atoms with Crippen molar-refractivity contribution in [2.45, 2.75) is 159 Å². The Kier molecular flexibility index (Phi) is 35.0. The van der Waals surface area contributed by atoms with Gasteiger partial charge in [-0.05, 0) is 114 Å². The summed E-state index contributed by atoms with van der Waals surface area (Å²) in [5.41, 5.74) is 11.2. The van der Waals surface area contributed by atoms with Crippen LogP contribution >= 0.6 is 45.1 Å². The van der Waals surface area contributed by atoms with Crippen molar-refractivity contribution in [1.82, 2.24) is 25.2 Å². The van der Waals surface area contributed by atoms with E-state index in [0.29, 0.717) is 83.3 Å². The highest BCUT2D eigenvalue weighted by molar-refractivity contribution is 8.77. The number of benzene rings is 2. The highest BCUT2D eigenvalue weighted by atomic mass is 33.1. The van der Waals surface area contributed by atoms with E-state index >= 15 is 0 Å². The van der Waals surface area contributed by atoms with E-state index in [0.717, 1.165) is 36.3 Å². The predicted molar refractivity (Wildman–Crippen MR) is 420 cm³/mol. The van der Waals surface area contributed by atoms with Crippen LogP contribution < -0.4 is 26.8 Å². The van der Waals surface area contributed by atoms with Gasteiger partial charge < -0.3 is 78.6 Å². The number of phosphoric ester groups is 1.